The van der Waals surface area contributed by atoms with Crippen LogP contribution in [0, 0.1) is 7.14 Å². The van der Waals surface area contributed by atoms with Crippen molar-refractivity contribution < 1.29 is 9.59 Å². The molecule has 188 valence electrons. The standard InChI is InChI=1S/2C13H19IN2O/c1-3-16(4-2)10-9-15-13(17)11-5-7-12(14)8-6-11;1-3-16(4-2)10-9-15-13(17)11-7-5-6-8-12(11)14/h2*5-8H,3-4,9-10H2,1-2H3,(H,15,17)/i2*14-4. The summed E-state index contributed by atoms with van der Waals surface area (Å²) < 4.78 is 2.13. The van der Waals surface area contributed by atoms with Gasteiger partial charge < -0.3 is 20.4 Å². The van der Waals surface area contributed by atoms with Gasteiger partial charge in [0.25, 0.3) is 11.8 Å². The Hall–Kier alpha value is -1.24. The van der Waals surface area contributed by atoms with Gasteiger partial charge in [0, 0.05) is 38.9 Å². The maximum absolute atomic E-state index is 11.9. The fourth-order valence-electron chi connectivity index (χ4n) is 3.18. The van der Waals surface area contributed by atoms with E-state index in [4.69, 9.17) is 0 Å². The normalized spacial score (nSPS) is 10.6. The molecule has 0 radical (unpaired) electrons. The number of amides is 2. The van der Waals surface area contributed by atoms with Crippen molar-refractivity contribution in [3.63, 3.8) is 0 Å². The molecule has 2 rings (SSSR count). The lowest BCUT2D eigenvalue weighted by Gasteiger charge is -2.18. The van der Waals surface area contributed by atoms with Gasteiger partial charge in [0.2, 0.25) is 0 Å². The summed E-state index contributed by atoms with van der Waals surface area (Å²) in [5, 5.41) is 5.89. The largest absolute Gasteiger partial charge is 0.351 e. The Bertz CT molecular complexity index is 854. The quantitative estimate of drug-likeness (QED) is 0.318. The van der Waals surface area contributed by atoms with Crippen LogP contribution in [0.3, 0.4) is 0 Å². The Morgan fingerprint density at radius 2 is 1.18 bits per heavy atom. The van der Waals surface area contributed by atoms with Gasteiger partial charge in [-0.05, 0) is 108 Å². The van der Waals surface area contributed by atoms with Crippen LogP contribution in [0.2, 0.25) is 0 Å². The van der Waals surface area contributed by atoms with E-state index in [0.29, 0.717) is 13.1 Å². The van der Waals surface area contributed by atoms with E-state index < -0.39 is 0 Å². The Labute approximate surface area is 232 Å². The maximum Gasteiger partial charge on any atom is 0.252 e. The summed E-state index contributed by atoms with van der Waals surface area (Å²) in [5.41, 5.74) is 1.48. The first-order chi connectivity index (χ1) is 16.4. The fourth-order valence-corrected chi connectivity index (χ4v) is 4.17. The summed E-state index contributed by atoms with van der Waals surface area (Å²) in [7, 11) is 0. The average molecular weight is 684 g/mol. The molecular formula is C26H38I2N4O2. The lowest BCUT2D eigenvalue weighted by Crippen LogP contribution is -2.35. The van der Waals surface area contributed by atoms with Crippen LogP contribution in [0.15, 0.2) is 48.5 Å². The van der Waals surface area contributed by atoms with E-state index in [9.17, 15) is 9.59 Å². The molecule has 0 fully saturated rings. The first-order valence-electron chi connectivity index (χ1n) is 11.9. The molecule has 0 heterocycles. The van der Waals surface area contributed by atoms with Crippen molar-refractivity contribution >= 4 is 57.0 Å². The van der Waals surface area contributed by atoms with Crippen molar-refractivity contribution in [1.82, 2.24) is 20.4 Å². The maximum atomic E-state index is 11.9. The van der Waals surface area contributed by atoms with Crippen LogP contribution in [0.25, 0.3) is 0 Å². The summed E-state index contributed by atoms with van der Waals surface area (Å²) in [5.74, 6) is 0.0238. The lowest BCUT2D eigenvalue weighted by molar-refractivity contribution is 0.0940. The number of hydrogen-bond acceptors (Lipinski definition) is 4. The number of carbonyl (C=O) groups is 2. The SMILES string of the molecule is CCN(CC)CCNC(=O)c1ccc([123I])cc1.CCN(CC)CCNC(=O)c1ccccc1[123I]. The molecule has 0 aliphatic rings. The summed E-state index contributed by atoms with van der Waals surface area (Å²) in [4.78, 5) is 28.2. The molecule has 0 aliphatic heterocycles. The van der Waals surface area contributed by atoms with Crippen LogP contribution in [-0.2, 0) is 0 Å². The Kier molecular flexibility index (Phi) is 16.4. The number of rotatable bonds is 12. The topological polar surface area (TPSA) is 64.7 Å². The summed E-state index contributed by atoms with van der Waals surface area (Å²) in [6.45, 7) is 15.8. The van der Waals surface area contributed by atoms with Crippen molar-refractivity contribution in [3.05, 3.63) is 66.8 Å². The molecule has 34 heavy (non-hydrogen) atoms. The zero-order valence-electron chi connectivity index (χ0n) is 20.7. The Balaban J connectivity index is 0.000000340. The van der Waals surface area contributed by atoms with E-state index in [0.717, 1.165) is 57.5 Å². The Morgan fingerprint density at radius 1 is 0.706 bits per heavy atom. The molecule has 0 aliphatic carbocycles. The van der Waals surface area contributed by atoms with Crippen LogP contribution >= 0.6 is 45.2 Å². The molecule has 2 aromatic carbocycles. The van der Waals surface area contributed by atoms with Gasteiger partial charge in [-0.25, -0.2) is 0 Å². The summed E-state index contributed by atoms with van der Waals surface area (Å²) >= 11 is 4.41. The molecule has 2 amide bonds. The second kappa shape index (κ2) is 18.1. The van der Waals surface area contributed by atoms with E-state index >= 15 is 0 Å². The van der Waals surface area contributed by atoms with Crippen LogP contribution in [0.5, 0.6) is 0 Å². The third kappa shape index (κ3) is 11.9. The zero-order valence-corrected chi connectivity index (χ0v) is 25.1. The molecule has 0 saturated carbocycles. The zero-order chi connectivity index (χ0) is 25.3. The highest BCUT2D eigenvalue weighted by atomic mass is 123. The number of likely N-dealkylation sites (N-methyl/N-ethyl adjacent to an activating group) is 2. The minimum absolute atomic E-state index is 0.00792. The average Bonchev–Trinajstić information content (AvgIpc) is 2.85. The van der Waals surface area contributed by atoms with Crippen molar-refractivity contribution in [2.24, 2.45) is 0 Å². The van der Waals surface area contributed by atoms with Crippen molar-refractivity contribution in [2.75, 3.05) is 52.4 Å². The third-order valence-corrected chi connectivity index (χ3v) is 7.10. The number of benzene rings is 2. The minimum Gasteiger partial charge on any atom is -0.351 e. The van der Waals surface area contributed by atoms with E-state index in [1.54, 1.807) is 0 Å². The summed E-state index contributed by atoms with van der Waals surface area (Å²) in [6.07, 6.45) is 0. The number of hydrogen-bond donors (Lipinski definition) is 2. The second-order valence-corrected chi connectivity index (χ2v) is 9.96. The molecule has 0 spiro atoms. The lowest BCUT2D eigenvalue weighted by atomic mass is 10.2. The monoisotopic (exact) mass is 684 g/mol. The van der Waals surface area contributed by atoms with Crippen molar-refractivity contribution in [1.29, 1.82) is 0 Å². The van der Waals surface area contributed by atoms with Gasteiger partial charge in [-0.2, -0.15) is 0 Å². The molecule has 2 N–H and O–H groups in total. The summed E-state index contributed by atoms with van der Waals surface area (Å²) in [6, 6.07) is 15.2. The molecule has 0 atom stereocenters. The van der Waals surface area contributed by atoms with Crippen LogP contribution in [0.4, 0.5) is 0 Å². The van der Waals surface area contributed by atoms with Crippen LogP contribution in [-0.4, -0.2) is 74.0 Å². The van der Waals surface area contributed by atoms with E-state index in [1.165, 1.54) is 0 Å². The van der Waals surface area contributed by atoms with Crippen LogP contribution < -0.4 is 10.6 Å². The first-order valence-corrected chi connectivity index (χ1v) is 14.0. The second-order valence-electron chi connectivity index (χ2n) is 7.55. The van der Waals surface area contributed by atoms with Crippen molar-refractivity contribution in [3.8, 4) is 0 Å². The van der Waals surface area contributed by atoms with E-state index in [-0.39, 0.29) is 11.8 Å². The van der Waals surface area contributed by atoms with Gasteiger partial charge in [-0.1, -0.05) is 39.8 Å². The van der Waals surface area contributed by atoms with Crippen LogP contribution in [0.1, 0.15) is 48.4 Å². The van der Waals surface area contributed by atoms with Gasteiger partial charge in [0.15, 0.2) is 0 Å². The third-order valence-electron chi connectivity index (χ3n) is 5.44. The van der Waals surface area contributed by atoms with Gasteiger partial charge in [-0.3, -0.25) is 9.59 Å². The highest BCUT2D eigenvalue weighted by molar-refractivity contribution is 14.1. The molecule has 0 saturated heterocycles. The number of nitrogens with zero attached hydrogens (tertiary/aromatic N) is 2. The number of carbonyl (C=O) groups excluding carboxylic acids is 2. The van der Waals surface area contributed by atoms with E-state index in [2.05, 4.69) is 93.3 Å². The van der Waals surface area contributed by atoms with Crippen molar-refractivity contribution in [2.45, 2.75) is 27.7 Å². The van der Waals surface area contributed by atoms with Gasteiger partial charge in [-0.15, -0.1) is 0 Å². The molecule has 6 nitrogen and oxygen atoms in total. The predicted molar refractivity (Wildman–Crippen MR) is 159 cm³/mol. The van der Waals surface area contributed by atoms with Gasteiger partial charge in [0.05, 0.1) is 5.56 Å². The van der Waals surface area contributed by atoms with Gasteiger partial charge in [0.1, 0.15) is 0 Å². The number of nitrogens with one attached hydrogen (secondary N) is 2. The smallest absolute Gasteiger partial charge is 0.252 e. The molecule has 0 bridgehead atoms. The highest BCUT2D eigenvalue weighted by Crippen LogP contribution is 2.10. The molecule has 0 unspecified atom stereocenters. The fraction of sp³-hybridized carbons (Fsp3) is 0.462. The predicted octanol–water partition coefficient (Wildman–Crippen LogP) is 4.73. The molecule has 2 aromatic rings. The molecule has 8 heteroatoms. The Morgan fingerprint density at radius 3 is 1.65 bits per heavy atom. The first kappa shape index (κ1) is 30.8. The van der Waals surface area contributed by atoms with Gasteiger partial charge >= 0.3 is 0 Å². The molecular weight excluding hydrogens is 646 g/mol. The number of halogens is 2. The minimum atomic E-state index is 0.00792. The van der Waals surface area contributed by atoms with E-state index in [1.807, 2.05) is 48.5 Å². The highest BCUT2D eigenvalue weighted by Gasteiger charge is 2.08. The molecule has 0 aromatic heterocycles.